The molecule has 0 spiro atoms. The maximum atomic E-state index is 12.8. The minimum absolute atomic E-state index is 0.0252. The Hall–Kier alpha value is -2.38. The summed E-state index contributed by atoms with van der Waals surface area (Å²) in [6.45, 7) is 7.04. The maximum absolute atomic E-state index is 12.8. The zero-order valence-corrected chi connectivity index (χ0v) is 15.4. The number of nitrogens with zero attached hydrogens (tertiary/aromatic N) is 1. The fraction of sp³-hybridized carbons (Fsp3) is 0.500. The summed E-state index contributed by atoms with van der Waals surface area (Å²) in [7, 11) is 0. The second kappa shape index (κ2) is 8.10. The number of fused-ring (bicyclic) bond motifs is 1. The van der Waals surface area contributed by atoms with Gasteiger partial charge >= 0.3 is 0 Å². The Bertz CT molecular complexity index is 813. The Labute approximate surface area is 158 Å². The lowest BCUT2D eigenvalue weighted by Gasteiger charge is -2.30. The number of aromatic amines is 1. The summed E-state index contributed by atoms with van der Waals surface area (Å²) < 4.78 is 11.5. The molecule has 2 aliphatic heterocycles. The van der Waals surface area contributed by atoms with Crippen molar-refractivity contribution in [3.63, 3.8) is 0 Å². The van der Waals surface area contributed by atoms with E-state index in [2.05, 4.69) is 27.4 Å². The fourth-order valence-corrected chi connectivity index (χ4v) is 3.78. The lowest BCUT2D eigenvalue weighted by Crippen LogP contribution is -2.50. The van der Waals surface area contributed by atoms with Crippen LogP contribution >= 0.6 is 0 Å². The molecule has 4 rings (SSSR count). The number of amides is 1. The highest BCUT2D eigenvalue weighted by Gasteiger charge is 2.26. The van der Waals surface area contributed by atoms with Gasteiger partial charge in [-0.15, -0.1) is 6.58 Å². The molecule has 0 bridgehead atoms. The lowest BCUT2D eigenvalue weighted by molar-refractivity contribution is 0.0256. The van der Waals surface area contributed by atoms with E-state index in [-0.39, 0.29) is 24.0 Å². The van der Waals surface area contributed by atoms with Crippen molar-refractivity contribution >= 4 is 16.8 Å². The molecule has 0 unspecified atom stereocenters. The third kappa shape index (κ3) is 3.99. The number of piperidine rings is 1. The number of carbonyl (C=O) groups excluding carboxylic acids is 1. The highest BCUT2D eigenvalue weighted by atomic mass is 16.5. The highest BCUT2D eigenvalue weighted by molar-refractivity contribution is 6.05. The summed E-state index contributed by atoms with van der Waals surface area (Å²) in [5, 5.41) is 14.4. The minimum Gasteiger partial charge on any atom is -0.490 e. The standard InChI is InChI=1S/C20H26N4O3/c1-2-13-5-8-21-12-18(13)22-20(25)19-16-11-15(3-4-17(16)23-24-19)27-14-6-9-26-10-7-14/h2-4,11,13-14,18,21H,1,5-10,12H2,(H,22,25)(H,23,24)/t13-,18+/m1/s1. The second-order valence-electron chi connectivity index (χ2n) is 7.18. The molecule has 1 aromatic heterocycles. The van der Waals surface area contributed by atoms with E-state index in [4.69, 9.17) is 9.47 Å². The van der Waals surface area contributed by atoms with Crippen LogP contribution in [0.2, 0.25) is 0 Å². The number of hydrogen-bond donors (Lipinski definition) is 3. The predicted molar refractivity (Wildman–Crippen MR) is 103 cm³/mol. The number of rotatable bonds is 5. The van der Waals surface area contributed by atoms with E-state index in [0.717, 1.165) is 62.2 Å². The van der Waals surface area contributed by atoms with Crippen molar-refractivity contribution in [3.8, 4) is 5.75 Å². The van der Waals surface area contributed by atoms with Crippen LogP contribution in [0, 0.1) is 5.92 Å². The lowest BCUT2D eigenvalue weighted by atomic mass is 9.93. The molecule has 2 fully saturated rings. The van der Waals surface area contributed by atoms with E-state index in [0.29, 0.717) is 5.69 Å². The molecule has 0 radical (unpaired) electrons. The normalized spacial score (nSPS) is 23.9. The summed E-state index contributed by atoms with van der Waals surface area (Å²) in [5.74, 6) is 0.853. The Morgan fingerprint density at radius 3 is 3.00 bits per heavy atom. The molecule has 1 aromatic carbocycles. The van der Waals surface area contributed by atoms with Gasteiger partial charge in [-0.05, 0) is 37.1 Å². The van der Waals surface area contributed by atoms with Gasteiger partial charge in [0.15, 0.2) is 5.69 Å². The monoisotopic (exact) mass is 370 g/mol. The number of carbonyl (C=O) groups is 1. The first-order valence-corrected chi connectivity index (χ1v) is 9.61. The number of ether oxygens (including phenoxy) is 2. The van der Waals surface area contributed by atoms with Crippen LogP contribution in [0.15, 0.2) is 30.9 Å². The number of hydrogen-bond acceptors (Lipinski definition) is 5. The molecular formula is C20H26N4O3. The Morgan fingerprint density at radius 2 is 2.19 bits per heavy atom. The van der Waals surface area contributed by atoms with Gasteiger partial charge in [-0.1, -0.05) is 6.08 Å². The molecule has 3 N–H and O–H groups in total. The third-order valence-corrected chi connectivity index (χ3v) is 5.38. The van der Waals surface area contributed by atoms with Crippen LogP contribution in [-0.4, -0.2) is 54.6 Å². The van der Waals surface area contributed by atoms with Gasteiger partial charge < -0.3 is 20.1 Å². The SMILES string of the molecule is C=C[C@@H]1CCNC[C@@H]1NC(=O)c1n[nH]c2ccc(OC3CCOCC3)cc12. The summed E-state index contributed by atoms with van der Waals surface area (Å²) >= 11 is 0. The van der Waals surface area contributed by atoms with Crippen molar-refractivity contribution in [3.05, 3.63) is 36.5 Å². The van der Waals surface area contributed by atoms with Crippen molar-refractivity contribution in [2.45, 2.75) is 31.4 Å². The summed E-state index contributed by atoms with van der Waals surface area (Å²) in [4.78, 5) is 12.8. The third-order valence-electron chi connectivity index (χ3n) is 5.38. The van der Waals surface area contributed by atoms with E-state index in [1.165, 1.54) is 0 Å². The van der Waals surface area contributed by atoms with Crippen molar-refractivity contribution in [1.82, 2.24) is 20.8 Å². The molecule has 2 aliphatic rings. The average molecular weight is 370 g/mol. The molecule has 7 heteroatoms. The molecule has 2 saturated heterocycles. The zero-order valence-electron chi connectivity index (χ0n) is 15.4. The Kier molecular flexibility index (Phi) is 5.40. The molecule has 2 atom stereocenters. The highest BCUT2D eigenvalue weighted by Crippen LogP contribution is 2.25. The predicted octanol–water partition coefficient (Wildman–Crippen LogP) is 2.01. The molecule has 7 nitrogen and oxygen atoms in total. The van der Waals surface area contributed by atoms with Crippen LogP contribution in [-0.2, 0) is 4.74 Å². The number of H-pyrrole nitrogens is 1. The largest absolute Gasteiger partial charge is 0.490 e. The van der Waals surface area contributed by atoms with Crippen LogP contribution in [0.3, 0.4) is 0 Å². The van der Waals surface area contributed by atoms with Crippen LogP contribution in [0.5, 0.6) is 5.75 Å². The molecule has 0 aliphatic carbocycles. The first kappa shape index (κ1) is 18.0. The van der Waals surface area contributed by atoms with E-state index < -0.39 is 0 Å². The van der Waals surface area contributed by atoms with Gasteiger partial charge in [0.25, 0.3) is 5.91 Å². The van der Waals surface area contributed by atoms with E-state index in [1.807, 2.05) is 24.3 Å². The number of benzene rings is 1. The first-order valence-electron chi connectivity index (χ1n) is 9.61. The van der Waals surface area contributed by atoms with Crippen LogP contribution < -0.4 is 15.4 Å². The van der Waals surface area contributed by atoms with E-state index in [9.17, 15) is 4.79 Å². The topological polar surface area (TPSA) is 88.3 Å². The number of aromatic nitrogens is 2. The van der Waals surface area contributed by atoms with Gasteiger partial charge in [0.05, 0.1) is 18.7 Å². The van der Waals surface area contributed by atoms with Gasteiger partial charge in [0.2, 0.25) is 0 Å². The Balaban J connectivity index is 1.51. The molecule has 144 valence electrons. The molecule has 1 amide bonds. The second-order valence-corrected chi connectivity index (χ2v) is 7.18. The van der Waals surface area contributed by atoms with Gasteiger partial charge in [0, 0.05) is 30.8 Å². The quantitative estimate of drug-likeness (QED) is 0.701. The van der Waals surface area contributed by atoms with Gasteiger partial charge in [-0.3, -0.25) is 9.89 Å². The fourth-order valence-electron chi connectivity index (χ4n) is 3.78. The summed E-state index contributed by atoms with van der Waals surface area (Å²) in [6.07, 6.45) is 4.82. The van der Waals surface area contributed by atoms with Gasteiger partial charge in [0.1, 0.15) is 11.9 Å². The van der Waals surface area contributed by atoms with Crippen molar-refractivity contribution < 1.29 is 14.3 Å². The summed E-state index contributed by atoms with van der Waals surface area (Å²) in [6, 6.07) is 5.74. The molecule has 27 heavy (non-hydrogen) atoms. The molecule has 0 saturated carbocycles. The smallest absolute Gasteiger partial charge is 0.272 e. The van der Waals surface area contributed by atoms with Crippen molar-refractivity contribution in [2.24, 2.45) is 5.92 Å². The average Bonchev–Trinajstić information content (AvgIpc) is 3.12. The van der Waals surface area contributed by atoms with E-state index >= 15 is 0 Å². The van der Waals surface area contributed by atoms with Crippen LogP contribution in [0.25, 0.3) is 10.9 Å². The molecule has 2 aromatic rings. The number of nitrogens with one attached hydrogen (secondary N) is 3. The zero-order chi connectivity index (χ0) is 18.6. The van der Waals surface area contributed by atoms with Crippen molar-refractivity contribution in [2.75, 3.05) is 26.3 Å². The van der Waals surface area contributed by atoms with Crippen molar-refractivity contribution in [1.29, 1.82) is 0 Å². The van der Waals surface area contributed by atoms with Crippen LogP contribution in [0.1, 0.15) is 29.8 Å². The molecule has 3 heterocycles. The van der Waals surface area contributed by atoms with E-state index in [1.54, 1.807) is 0 Å². The van der Waals surface area contributed by atoms with Gasteiger partial charge in [-0.25, -0.2) is 0 Å². The van der Waals surface area contributed by atoms with Crippen LogP contribution in [0.4, 0.5) is 0 Å². The minimum atomic E-state index is -0.176. The summed E-state index contributed by atoms with van der Waals surface area (Å²) in [5.41, 5.74) is 1.22. The maximum Gasteiger partial charge on any atom is 0.272 e. The molecular weight excluding hydrogens is 344 g/mol. The Morgan fingerprint density at radius 1 is 1.33 bits per heavy atom. The van der Waals surface area contributed by atoms with Gasteiger partial charge in [-0.2, -0.15) is 5.10 Å². The first-order chi connectivity index (χ1) is 13.2.